The third-order valence-electron chi connectivity index (χ3n) is 4.37. The van der Waals surface area contributed by atoms with E-state index >= 15 is 0 Å². The number of nitro benzene ring substituents is 1. The maximum Gasteiger partial charge on any atom is 0.354 e. The standard InChI is InChI=1S/C16H17N3O7S/c20-15-6-5-14(17-18(15)13-7-8-27(24,25)10-13)16(21)26-9-11-1-3-12(4-2-11)19(22)23/h1-4,13H,5-10H2/t13-/m1/s1. The van der Waals surface area contributed by atoms with Gasteiger partial charge in [-0.2, -0.15) is 5.10 Å². The summed E-state index contributed by atoms with van der Waals surface area (Å²) in [5, 5.41) is 15.8. The van der Waals surface area contributed by atoms with Gasteiger partial charge in [0, 0.05) is 25.0 Å². The van der Waals surface area contributed by atoms with Crippen LogP contribution in [0.2, 0.25) is 0 Å². The molecule has 144 valence electrons. The number of carbonyl (C=O) groups is 2. The number of non-ortho nitro benzene ring substituents is 1. The van der Waals surface area contributed by atoms with Crippen LogP contribution in [0.1, 0.15) is 24.8 Å². The van der Waals surface area contributed by atoms with Crippen molar-refractivity contribution in [2.45, 2.75) is 31.9 Å². The predicted octanol–water partition coefficient (Wildman–Crippen LogP) is 0.803. The number of amides is 1. The Kier molecular flexibility index (Phi) is 5.22. The molecule has 1 aromatic carbocycles. The van der Waals surface area contributed by atoms with Gasteiger partial charge >= 0.3 is 5.97 Å². The minimum atomic E-state index is -3.19. The van der Waals surface area contributed by atoms with E-state index in [-0.39, 0.29) is 48.3 Å². The van der Waals surface area contributed by atoms with Gasteiger partial charge < -0.3 is 4.74 Å². The molecule has 0 radical (unpaired) electrons. The van der Waals surface area contributed by atoms with Crippen molar-refractivity contribution in [3.63, 3.8) is 0 Å². The molecule has 1 fully saturated rings. The van der Waals surface area contributed by atoms with Gasteiger partial charge in [0.1, 0.15) is 12.3 Å². The van der Waals surface area contributed by atoms with Crippen LogP contribution >= 0.6 is 0 Å². The molecular formula is C16H17N3O7S. The third kappa shape index (κ3) is 4.48. The van der Waals surface area contributed by atoms with Crippen LogP contribution in [-0.4, -0.2) is 53.5 Å². The highest BCUT2D eigenvalue weighted by Crippen LogP contribution is 2.22. The van der Waals surface area contributed by atoms with Crippen molar-refractivity contribution < 1.29 is 27.7 Å². The lowest BCUT2D eigenvalue weighted by Crippen LogP contribution is -2.42. The second kappa shape index (κ2) is 7.43. The van der Waals surface area contributed by atoms with E-state index in [1.807, 2.05) is 0 Å². The smallest absolute Gasteiger partial charge is 0.354 e. The van der Waals surface area contributed by atoms with Crippen molar-refractivity contribution >= 4 is 33.1 Å². The monoisotopic (exact) mass is 395 g/mol. The Morgan fingerprint density at radius 1 is 1.30 bits per heavy atom. The topological polar surface area (TPSA) is 136 Å². The van der Waals surface area contributed by atoms with Crippen LogP contribution in [0.4, 0.5) is 5.69 Å². The van der Waals surface area contributed by atoms with Gasteiger partial charge in [-0.05, 0) is 24.1 Å². The highest BCUT2D eigenvalue weighted by molar-refractivity contribution is 7.91. The fraction of sp³-hybridized carbons (Fsp3) is 0.438. The Morgan fingerprint density at radius 3 is 2.59 bits per heavy atom. The van der Waals surface area contributed by atoms with Gasteiger partial charge in [-0.15, -0.1) is 0 Å². The molecule has 0 aliphatic carbocycles. The summed E-state index contributed by atoms with van der Waals surface area (Å²) in [4.78, 5) is 34.4. The van der Waals surface area contributed by atoms with E-state index in [1.165, 1.54) is 24.3 Å². The lowest BCUT2D eigenvalue weighted by Gasteiger charge is -2.27. The molecule has 1 atom stereocenters. The van der Waals surface area contributed by atoms with Crippen LogP contribution in [0.25, 0.3) is 0 Å². The zero-order valence-corrected chi connectivity index (χ0v) is 15.1. The first-order valence-electron chi connectivity index (χ1n) is 8.25. The zero-order valence-electron chi connectivity index (χ0n) is 14.2. The zero-order chi connectivity index (χ0) is 19.6. The van der Waals surface area contributed by atoms with E-state index in [2.05, 4.69) is 5.10 Å². The molecule has 10 nitrogen and oxygen atoms in total. The van der Waals surface area contributed by atoms with Crippen LogP contribution in [0.3, 0.4) is 0 Å². The molecule has 1 amide bonds. The van der Waals surface area contributed by atoms with E-state index in [1.54, 1.807) is 0 Å². The number of carbonyl (C=O) groups excluding carboxylic acids is 2. The van der Waals surface area contributed by atoms with Gasteiger partial charge in [0.2, 0.25) is 5.91 Å². The summed E-state index contributed by atoms with van der Waals surface area (Å²) in [7, 11) is -3.19. The number of hydrogen-bond donors (Lipinski definition) is 0. The van der Waals surface area contributed by atoms with Crippen LogP contribution in [-0.2, 0) is 30.8 Å². The van der Waals surface area contributed by atoms with Crippen LogP contribution in [0, 0.1) is 10.1 Å². The Labute approximate surface area is 154 Å². The number of nitro groups is 1. The number of rotatable bonds is 5. The first-order chi connectivity index (χ1) is 12.7. The largest absolute Gasteiger partial charge is 0.456 e. The summed E-state index contributed by atoms with van der Waals surface area (Å²) in [5.41, 5.74) is 0.559. The highest BCUT2D eigenvalue weighted by Gasteiger charge is 2.37. The Balaban J connectivity index is 1.64. The van der Waals surface area contributed by atoms with Crippen molar-refractivity contribution in [2.75, 3.05) is 11.5 Å². The first kappa shape index (κ1) is 19.0. The number of esters is 1. The summed E-state index contributed by atoms with van der Waals surface area (Å²) in [6.45, 7) is -0.0956. The maximum absolute atomic E-state index is 12.2. The quantitative estimate of drug-likeness (QED) is 0.408. The fourth-order valence-electron chi connectivity index (χ4n) is 2.92. The van der Waals surface area contributed by atoms with Crippen molar-refractivity contribution in [2.24, 2.45) is 5.10 Å². The molecule has 1 saturated heterocycles. The van der Waals surface area contributed by atoms with Gasteiger partial charge in [0.25, 0.3) is 5.69 Å². The van der Waals surface area contributed by atoms with Gasteiger partial charge in [-0.3, -0.25) is 14.9 Å². The normalized spacial score (nSPS) is 21.6. The molecule has 2 aliphatic rings. The van der Waals surface area contributed by atoms with E-state index < -0.39 is 26.8 Å². The van der Waals surface area contributed by atoms with Gasteiger partial charge in [-0.1, -0.05) is 0 Å². The number of ether oxygens (including phenoxy) is 1. The van der Waals surface area contributed by atoms with Crippen molar-refractivity contribution in [1.82, 2.24) is 5.01 Å². The molecule has 11 heteroatoms. The number of hydrazone groups is 1. The average Bonchev–Trinajstić information content (AvgIpc) is 3.00. The molecule has 1 aromatic rings. The number of benzene rings is 1. The SMILES string of the molecule is O=C(OCc1ccc([N+](=O)[O-])cc1)C1=NN([C@@H]2CCS(=O)(=O)C2)C(=O)CC1. The Hall–Kier alpha value is -2.82. The molecule has 0 N–H and O–H groups in total. The predicted molar refractivity (Wildman–Crippen MR) is 93.5 cm³/mol. The second-order valence-corrected chi connectivity index (χ2v) is 8.57. The van der Waals surface area contributed by atoms with Gasteiger partial charge in [0.15, 0.2) is 9.84 Å². The molecular weight excluding hydrogens is 378 g/mol. The number of sulfone groups is 1. The summed E-state index contributed by atoms with van der Waals surface area (Å²) < 4.78 is 28.4. The van der Waals surface area contributed by atoms with Crippen LogP contribution in [0.15, 0.2) is 29.4 Å². The number of nitrogens with zero attached hydrogens (tertiary/aromatic N) is 3. The lowest BCUT2D eigenvalue weighted by molar-refractivity contribution is -0.384. The van der Waals surface area contributed by atoms with Gasteiger partial charge in [0.05, 0.1) is 22.5 Å². The first-order valence-corrected chi connectivity index (χ1v) is 10.1. The second-order valence-electron chi connectivity index (χ2n) is 6.34. The van der Waals surface area contributed by atoms with Gasteiger partial charge in [-0.25, -0.2) is 18.2 Å². The van der Waals surface area contributed by atoms with Crippen molar-refractivity contribution in [1.29, 1.82) is 0 Å². The molecule has 0 aromatic heterocycles. The van der Waals surface area contributed by atoms with E-state index in [4.69, 9.17) is 4.74 Å². The summed E-state index contributed by atoms with van der Waals surface area (Å²) in [6, 6.07) is 5.02. The summed E-state index contributed by atoms with van der Waals surface area (Å²) in [5.74, 6) is -1.18. The lowest BCUT2D eigenvalue weighted by atomic mass is 10.1. The maximum atomic E-state index is 12.2. The third-order valence-corrected chi connectivity index (χ3v) is 6.12. The fourth-order valence-corrected chi connectivity index (χ4v) is 4.61. The molecule has 0 bridgehead atoms. The summed E-state index contributed by atoms with van der Waals surface area (Å²) >= 11 is 0. The molecule has 3 rings (SSSR count). The van der Waals surface area contributed by atoms with E-state index in [9.17, 15) is 28.1 Å². The van der Waals surface area contributed by atoms with E-state index in [0.717, 1.165) is 5.01 Å². The van der Waals surface area contributed by atoms with Crippen molar-refractivity contribution in [3.8, 4) is 0 Å². The average molecular weight is 395 g/mol. The molecule has 0 unspecified atom stereocenters. The Bertz CT molecular complexity index is 908. The van der Waals surface area contributed by atoms with Crippen LogP contribution in [0.5, 0.6) is 0 Å². The van der Waals surface area contributed by atoms with E-state index in [0.29, 0.717) is 12.0 Å². The highest BCUT2D eigenvalue weighted by atomic mass is 32.2. The minimum Gasteiger partial charge on any atom is -0.456 e. The molecule has 0 saturated carbocycles. The molecule has 2 heterocycles. The summed E-state index contributed by atoms with van der Waals surface area (Å²) in [6.07, 6.45) is 0.471. The van der Waals surface area contributed by atoms with Crippen molar-refractivity contribution in [3.05, 3.63) is 39.9 Å². The Morgan fingerprint density at radius 2 is 2.00 bits per heavy atom. The minimum absolute atomic E-state index is 0.00308. The number of hydrogen-bond acceptors (Lipinski definition) is 8. The molecule has 27 heavy (non-hydrogen) atoms. The molecule has 0 spiro atoms. The molecule has 2 aliphatic heterocycles. The van der Waals surface area contributed by atoms with Crippen LogP contribution < -0.4 is 0 Å².